The van der Waals surface area contributed by atoms with Crippen LogP contribution in [0.3, 0.4) is 0 Å². The highest BCUT2D eigenvalue weighted by Gasteiger charge is 2.14. The summed E-state index contributed by atoms with van der Waals surface area (Å²) in [5.41, 5.74) is 0.879. The Labute approximate surface area is 113 Å². The van der Waals surface area contributed by atoms with Crippen LogP contribution in [0, 0.1) is 22.9 Å². The molecule has 1 aromatic carbocycles. The molecule has 7 heteroatoms. The van der Waals surface area contributed by atoms with Crippen molar-refractivity contribution in [3.8, 4) is 0 Å². The Morgan fingerprint density at radius 2 is 2.26 bits per heavy atom. The number of nitro benzene ring substituents is 1. The summed E-state index contributed by atoms with van der Waals surface area (Å²) in [7, 11) is 0. The van der Waals surface area contributed by atoms with Crippen LogP contribution in [0.1, 0.15) is 23.7 Å². The molecule has 0 radical (unpaired) electrons. The second-order valence-electron chi connectivity index (χ2n) is 4.11. The highest BCUT2D eigenvalue weighted by molar-refractivity contribution is 7.09. The highest BCUT2D eigenvalue weighted by Crippen LogP contribution is 2.26. The first-order valence-electron chi connectivity index (χ1n) is 5.60. The van der Waals surface area contributed by atoms with E-state index in [2.05, 4.69) is 10.3 Å². The largest absolute Gasteiger partial charge is 0.374 e. The molecule has 100 valence electrons. The lowest BCUT2D eigenvalue weighted by Gasteiger charge is -2.13. The van der Waals surface area contributed by atoms with Crippen molar-refractivity contribution in [3.05, 3.63) is 50.2 Å². The summed E-state index contributed by atoms with van der Waals surface area (Å²) in [6.07, 6.45) is 0. The molecule has 0 spiro atoms. The van der Waals surface area contributed by atoms with Crippen LogP contribution >= 0.6 is 11.3 Å². The van der Waals surface area contributed by atoms with E-state index in [1.54, 1.807) is 0 Å². The zero-order chi connectivity index (χ0) is 14.0. The Bertz CT molecular complexity index is 615. The van der Waals surface area contributed by atoms with Gasteiger partial charge >= 0.3 is 0 Å². The maximum atomic E-state index is 13.7. The van der Waals surface area contributed by atoms with Crippen LogP contribution in [0.2, 0.25) is 0 Å². The molecular weight excluding hydrogens is 269 g/mol. The van der Waals surface area contributed by atoms with Crippen LogP contribution < -0.4 is 5.32 Å². The number of benzene rings is 1. The Morgan fingerprint density at radius 1 is 1.53 bits per heavy atom. The summed E-state index contributed by atoms with van der Waals surface area (Å²) >= 11 is 1.49. The SMILES string of the molecule is Cc1csc(C(C)Nc2ccc([N+](=O)[O-])cc2F)n1. The second kappa shape index (κ2) is 5.31. The molecule has 0 fully saturated rings. The minimum absolute atomic E-state index is 0.158. The molecule has 1 unspecified atom stereocenters. The third kappa shape index (κ3) is 3.05. The Hall–Kier alpha value is -2.02. The van der Waals surface area contributed by atoms with Crippen molar-refractivity contribution in [2.75, 3.05) is 5.32 Å². The third-order valence-electron chi connectivity index (χ3n) is 2.54. The molecule has 0 saturated carbocycles. The summed E-state index contributed by atoms with van der Waals surface area (Å²) in [5.74, 6) is -0.644. The number of rotatable bonds is 4. The molecule has 1 aromatic heterocycles. The van der Waals surface area contributed by atoms with Gasteiger partial charge in [-0.05, 0) is 19.9 Å². The van der Waals surface area contributed by atoms with Crippen LogP contribution in [0.25, 0.3) is 0 Å². The lowest BCUT2D eigenvalue weighted by molar-refractivity contribution is -0.385. The molecule has 1 heterocycles. The van der Waals surface area contributed by atoms with Gasteiger partial charge in [0.15, 0.2) is 5.82 Å². The number of non-ortho nitro benzene ring substituents is 1. The van der Waals surface area contributed by atoms with E-state index in [1.165, 1.54) is 23.5 Å². The number of nitro groups is 1. The molecule has 0 bridgehead atoms. The first-order valence-corrected chi connectivity index (χ1v) is 6.48. The zero-order valence-corrected chi connectivity index (χ0v) is 11.2. The van der Waals surface area contributed by atoms with Gasteiger partial charge in [0.25, 0.3) is 5.69 Å². The average molecular weight is 281 g/mol. The zero-order valence-electron chi connectivity index (χ0n) is 10.4. The lowest BCUT2D eigenvalue weighted by atomic mass is 10.2. The number of halogens is 1. The van der Waals surface area contributed by atoms with Crippen molar-refractivity contribution >= 4 is 22.7 Å². The van der Waals surface area contributed by atoms with Gasteiger partial charge < -0.3 is 5.32 Å². The fourth-order valence-electron chi connectivity index (χ4n) is 1.60. The molecule has 1 N–H and O–H groups in total. The Balaban J connectivity index is 2.17. The van der Waals surface area contributed by atoms with E-state index < -0.39 is 10.7 Å². The van der Waals surface area contributed by atoms with Gasteiger partial charge in [-0.1, -0.05) is 0 Å². The Morgan fingerprint density at radius 3 is 2.79 bits per heavy atom. The molecule has 0 saturated heterocycles. The maximum Gasteiger partial charge on any atom is 0.272 e. The van der Waals surface area contributed by atoms with Crippen molar-refractivity contribution in [1.29, 1.82) is 0 Å². The van der Waals surface area contributed by atoms with E-state index in [9.17, 15) is 14.5 Å². The summed E-state index contributed by atoms with van der Waals surface area (Å²) in [5, 5.41) is 16.2. The van der Waals surface area contributed by atoms with Gasteiger partial charge in [0.05, 0.1) is 22.7 Å². The van der Waals surface area contributed by atoms with Crippen LogP contribution in [0.15, 0.2) is 23.6 Å². The van der Waals surface area contributed by atoms with Crippen molar-refractivity contribution in [3.63, 3.8) is 0 Å². The van der Waals surface area contributed by atoms with Gasteiger partial charge in [0, 0.05) is 17.1 Å². The molecule has 2 rings (SSSR count). The van der Waals surface area contributed by atoms with Crippen molar-refractivity contribution in [2.24, 2.45) is 0 Å². The third-order valence-corrected chi connectivity index (χ3v) is 3.69. The van der Waals surface area contributed by atoms with Crippen molar-refractivity contribution < 1.29 is 9.31 Å². The van der Waals surface area contributed by atoms with Crippen molar-refractivity contribution in [1.82, 2.24) is 4.98 Å². The van der Waals surface area contributed by atoms with Gasteiger partial charge in [0.1, 0.15) is 5.01 Å². The first kappa shape index (κ1) is 13.4. The molecule has 0 aliphatic heterocycles. The van der Waals surface area contributed by atoms with Crippen LogP contribution in [-0.4, -0.2) is 9.91 Å². The van der Waals surface area contributed by atoms with Gasteiger partial charge in [-0.15, -0.1) is 11.3 Å². The van der Waals surface area contributed by atoms with E-state index in [-0.39, 0.29) is 17.4 Å². The molecule has 5 nitrogen and oxygen atoms in total. The second-order valence-corrected chi connectivity index (χ2v) is 5.00. The van der Waals surface area contributed by atoms with Gasteiger partial charge in [-0.2, -0.15) is 0 Å². The first-order chi connectivity index (χ1) is 8.97. The predicted molar refractivity (Wildman–Crippen MR) is 71.9 cm³/mol. The van der Waals surface area contributed by atoms with E-state index in [0.717, 1.165) is 16.8 Å². The topological polar surface area (TPSA) is 68.1 Å². The fourth-order valence-corrected chi connectivity index (χ4v) is 2.40. The minimum Gasteiger partial charge on any atom is -0.374 e. The van der Waals surface area contributed by atoms with E-state index in [1.807, 2.05) is 19.2 Å². The number of hydrogen-bond donors (Lipinski definition) is 1. The number of aromatic nitrogens is 1. The van der Waals surface area contributed by atoms with Gasteiger partial charge in [-0.3, -0.25) is 10.1 Å². The fraction of sp³-hybridized carbons (Fsp3) is 0.250. The molecular formula is C12H12FN3O2S. The number of nitrogens with zero attached hydrogens (tertiary/aromatic N) is 2. The molecule has 1 atom stereocenters. The molecule has 2 aromatic rings. The highest BCUT2D eigenvalue weighted by atomic mass is 32.1. The smallest absolute Gasteiger partial charge is 0.272 e. The predicted octanol–water partition coefficient (Wildman–Crippen LogP) is 3.67. The summed E-state index contributed by atoms with van der Waals surface area (Å²) < 4.78 is 13.7. The van der Waals surface area contributed by atoms with Gasteiger partial charge in [-0.25, -0.2) is 9.37 Å². The number of anilines is 1. The summed E-state index contributed by atoms with van der Waals surface area (Å²) in [6.45, 7) is 3.75. The van der Waals surface area contributed by atoms with E-state index in [4.69, 9.17) is 0 Å². The molecule has 0 aliphatic rings. The molecule has 19 heavy (non-hydrogen) atoms. The molecule has 0 amide bonds. The lowest BCUT2D eigenvalue weighted by Crippen LogP contribution is -2.08. The average Bonchev–Trinajstić information content (AvgIpc) is 2.78. The number of aryl methyl sites for hydroxylation is 1. The van der Waals surface area contributed by atoms with E-state index >= 15 is 0 Å². The van der Waals surface area contributed by atoms with Crippen LogP contribution in [0.4, 0.5) is 15.8 Å². The van der Waals surface area contributed by atoms with Gasteiger partial charge in [0.2, 0.25) is 0 Å². The number of hydrogen-bond acceptors (Lipinski definition) is 5. The van der Waals surface area contributed by atoms with Crippen molar-refractivity contribution in [2.45, 2.75) is 19.9 Å². The maximum absolute atomic E-state index is 13.7. The normalized spacial score (nSPS) is 12.2. The summed E-state index contributed by atoms with van der Waals surface area (Å²) in [6, 6.07) is 3.38. The molecule has 0 aliphatic carbocycles. The van der Waals surface area contributed by atoms with Crippen LogP contribution in [0.5, 0.6) is 0 Å². The Kier molecular flexibility index (Phi) is 3.75. The monoisotopic (exact) mass is 281 g/mol. The quantitative estimate of drug-likeness (QED) is 0.685. The number of nitrogens with one attached hydrogen (secondary N) is 1. The number of thiazole rings is 1. The summed E-state index contributed by atoms with van der Waals surface area (Å²) in [4.78, 5) is 14.2. The van der Waals surface area contributed by atoms with E-state index in [0.29, 0.717) is 0 Å². The standard InChI is InChI=1S/C12H12FN3O2S/c1-7-6-19-12(14-7)8(2)15-11-4-3-9(16(17)18)5-10(11)13/h3-6,8,15H,1-2H3. The van der Waals surface area contributed by atoms with Crippen LogP contribution in [-0.2, 0) is 0 Å². The minimum atomic E-state index is -0.644.